The highest BCUT2D eigenvalue weighted by molar-refractivity contribution is 5.93. The Bertz CT molecular complexity index is 1150. The zero-order chi connectivity index (χ0) is 15.6. The highest BCUT2D eigenvalue weighted by atomic mass is 16.1. The maximum absolute atomic E-state index is 12.8. The van der Waals surface area contributed by atoms with Crippen molar-refractivity contribution < 1.29 is 0 Å². The Morgan fingerprint density at radius 1 is 1.17 bits per heavy atom. The van der Waals surface area contributed by atoms with Gasteiger partial charge in [-0.25, -0.2) is 0 Å². The van der Waals surface area contributed by atoms with Gasteiger partial charge in [-0.3, -0.25) is 9.78 Å². The number of aryl methyl sites for hydroxylation is 2. The standard InChI is InChI=1S/C19H15N3O/c1-11-8-12-9-17-18-14(13-4-2-3-5-16(13)21-18)6-7-22(17)19(23)15(12)10-20-11/h2-5,8-10,21H,6-7H2,1H3. The molecular weight excluding hydrogens is 286 g/mol. The number of benzene rings is 1. The van der Waals surface area contributed by atoms with E-state index in [0.717, 1.165) is 34.4 Å². The number of H-pyrrole nitrogens is 1. The van der Waals surface area contributed by atoms with Gasteiger partial charge in [0.05, 0.1) is 16.8 Å². The molecule has 0 atom stereocenters. The number of pyridine rings is 2. The van der Waals surface area contributed by atoms with Crippen LogP contribution < -0.4 is 5.56 Å². The van der Waals surface area contributed by atoms with Gasteiger partial charge >= 0.3 is 0 Å². The van der Waals surface area contributed by atoms with Crippen molar-refractivity contribution in [2.24, 2.45) is 0 Å². The second kappa shape index (κ2) is 4.32. The number of aromatic nitrogens is 3. The van der Waals surface area contributed by atoms with Gasteiger partial charge in [0.2, 0.25) is 0 Å². The maximum atomic E-state index is 12.8. The molecule has 1 N–H and O–H groups in total. The van der Waals surface area contributed by atoms with Crippen molar-refractivity contribution in [2.45, 2.75) is 19.9 Å². The molecule has 0 unspecified atom stereocenters. The molecule has 0 saturated carbocycles. The topological polar surface area (TPSA) is 50.7 Å². The zero-order valence-electron chi connectivity index (χ0n) is 12.8. The number of nitrogens with one attached hydrogen (secondary N) is 1. The Labute approximate surface area is 132 Å². The fourth-order valence-electron chi connectivity index (χ4n) is 3.69. The summed E-state index contributed by atoms with van der Waals surface area (Å²) in [4.78, 5) is 20.6. The van der Waals surface area contributed by atoms with Crippen LogP contribution in [0.4, 0.5) is 0 Å². The van der Waals surface area contributed by atoms with Gasteiger partial charge in [-0.1, -0.05) is 18.2 Å². The summed E-state index contributed by atoms with van der Waals surface area (Å²) >= 11 is 0. The summed E-state index contributed by atoms with van der Waals surface area (Å²) in [6.07, 6.45) is 2.57. The van der Waals surface area contributed by atoms with Crippen LogP contribution in [0, 0.1) is 6.92 Å². The van der Waals surface area contributed by atoms with Gasteiger partial charge in [-0.15, -0.1) is 0 Å². The maximum Gasteiger partial charge on any atom is 0.260 e. The molecule has 0 radical (unpaired) electrons. The van der Waals surface area contributed by atoms with E-state index in [0.29, 0.717) is 11.9 Å². The highest BCUT2D eigenvalue weighted by Gasteiger charge is 2.22. The van der Waals surface area contributed by atoms with Crippen molar-refractivity contribution in [2.75, 3.05) is 0 Å². The Morgan fingerprint density at radius 3 is 2.96 bits per heavy atom. The first-order valence-corrected chi connectivity index (χ1v) is 7.82. The van der Waals surface area contributed by atoms with Gasteiger partial charge in [0.25, 0.3) is 5.56 Å². The molecule has 1 aliphatic heterocycles. The minimum absolute atomic E-state index is 0.0503. The smallest absolute Gasteiger partial charge is 0.260 e. The number of hydrogen-bond donors (Lipinski definition) is 1. The van der Waals surface area contributed by atoms with E-state index in [9.17, 15) is 4.79 Å². The van der Waals surface area contributed by atoms with Crippen LogP contribution in [0.1, 0.15) is 11.3 Å². The Morgan fingerprint density at radius 2 is 2.04 bits per heavy atom. The summed E-state index contributed by atoms with van der Waals surface area (Å²) in [6, 6.07) is 12.4. The van der Waals surface area contributed by atoms with Crippen LogP contribution in [0.25, 0.3) is 33.1 Å². The predicted molar refractivity (Wildman–Crippen MR) is 91.7 cm³/mol. The van der Waals surface area contributed by atoms with E-state index < -0.39 is 0 Å². The van der Waals surface area contributed by atoms with Crippen molar-refractivity contribution in [3.8, 4) is 11.4 Å². The van der Waals surface area contributed by atoms with E-state index in [-0.39, 0.29) is 5.56 Å². The quantitative estimate of drug-likeness (QED) is 0.541. The molecule has 4 heterocycles. The Hall–Kier alpha value is -2.88. The van der Waals surface area contributed by atoms with E-state index in [1.54, 1.807) is 6.20 Å². The van der Waals surface area contributed by atoms with Crippen LogP contribution in [-0.4, -0.2) is 14.5 Å². The van der Waals surface area contributed by atoms with E-state index in [4.69, 9.17) is 0 Å². The van der Waals surface area contributed by atoms with Gasteiger partial charge in [-0.2, -0.15) is 0 Å². The van der Waals surface area contributed by atoms with E-state index in [1.165, 1.54) is 10.9 Å². The normalized spacial score (nSPS) is 13.3. The van der Waals surface area contributed by atoms with Gasteiger partial charge in [0.1, 0.15) is 0 Å². The molecule has 0 amide bonds. The summed E-state index contributed by atoms with van der Waals surface area (Å²) in [5.41, 5.74) is 5.47. The van der Waals surface area contributed by atoms with Gasteiger partial charge in [-0.05, 0) is 42.5 Å². The lowest BCUT2D eigenvalue weighted by molar-refractivity contribution is 0.665. The Balaban J connectivity index is 1.91. The summed E-state index contributed by atoms with van der Waals surface area (Å²) in [7, 11) is 0. The number of aromatic amines is 1. The molecule has 5 rings (SSSR count). The first-order valence-electron chi connectivity index (χ1n) is 7.82. The van der Waals surface area contributed by atoms with E-state index >= 15 is 0 Å². The number of nitrogens with zero attached hydrogens (tertiary/aromatic N) is 2. The summed E-state index contributed by atoms with van der Waals surface area (Å²) < 4.78 is 1.87. The molecule has 1 aromatic carbocycles. The van der Waals surface area contributed by atoms with E-state index in [2.05, 4.69) is 34.2 Å². The first kappa shape index (κ1) is 12.6. The molecule has 112 valence electrons. The molecule has 0 fully saturated rings. The first-order chi connectivity index (χ1) is 11.2. The lowest BCUT2D eigenvalue weighted by Gasteiger charge is -2.20. The molecule has 23 heavy (non-hydrogen) atoms. The van der Waals surface area contributed by atoms with Crippen LogP contribution in [-0.2, 0) is 13.0 Å². The third-order valence-electron chi connectivity index (χ3n) is 4.79. The molecule has 0 saturated heterocycles. The van der Waals surface area contributed by atoms with Crippen molar-refractivity contribution in [1.29, 1.82) is 0 Å². The molecule has 0 spiro atoms. The number of rotatable bonds is 0. The van der Waals surface area contributed by atoms with Crippen molar-refractivity contribution in [3.63, 3.8) is 0 Å². The van der Waals surface area contributed by atoms with Crippen LogP contribution in [0.5, 0.6) is 0 Å². The highest BCUT2D eigenvalue weighted by Crippen LogP contribution is 2.34. The summed E-state index contributed by atoms with van der Waals surface area (Å²) in [5.74, 6) is 0. The minimum Gasteiger partial charge on any atom is -0.353 e. The monoisotopic (exact) mass is 301 g/mol. The third kappa shape index (κ3) is 1.66. The number of para-hydroxylation sites is 1. The van der Waals surface area contributed by atoms with Gasteiger partial charge in [0.15, 0.2) is 0 Å². The summed E-state index contributed by atoms with van der Waals surface area (Å²) in [5, 5.41) is 2.91. The van der Waals surface area contributed by atoms with E-state index in [1.807, 2.05) is 23.6 Å². The van der Waals surface area contributed by atoms with Crippen LogP contribution >= 0.6 is 0 Å². The van der Waals surface area contributed by atoms with Crippen LogP contribution in [0.3, 0.4) is 0 Å². The second-order valence-electron chi connectivity index (χ2n) is 6.17. The zero-order valence-corrected chi connectivity index (χ0v) is 12.8. The average Bonchev–Trinajstić information content (AvgIpc) is 2.94. The molecule has 0 bridgehead atoms. The molecule has 1 aliphatic rings. The van der Waals surface area contributed by atoms with Crippen molar-refractivity contribution >= 4 is 21.7 Å². The number of hydrogen-bond acceptors (Lipinski definition) is 2. The predicted octanol–water partition coefficient (Wildman–Crippen LogP) is 3.41. The minimum atomic E-state index is 0.0503. The molecule has 4 nitrogen and oxygen atoms in total. The molecule has 4 aromatic rings. The molecule has 4 heteroatoms. The molecular formula is C19H15N3O. The van der Waals surface area contributed by atoms with Gasteiger partial charge in [0, 0.05) is 29.3 Å². The van der Waals surface area contributed by atoms with Crippen LogP contribution in [0.15, 0.2) is 47.4 Å². The third-order valence-corrected chi connectivity index (χ3v) is 4.79. The summed E-state index contributed by atoms with van der Waals surface area (Å²) in [6.45, 7) is 2.66. The van der Waals surface area contributed by atoms with Crippen molar-refractivity contribution in [3.05, 3.63) is 64.2 Å². The largest absolute Gasteiger partial charge is 0.353 e. The Kier molecular flexibility index (Phi) is 2.37. The average molecular weight is 301 g/mol. The molecule has 0 aliphatic carbocycles. The second-order valence-corrected chi connectivity index (χ2v) is 6.17. The number of fused-ring (bicyclic) bond motifs is 6. The SMILES string of the molecule is Cc1cc2cc3n(c(=O)c2cn1)CCc1c-3[nH]c2ccccc12. The lowest BCUT2D eigenvalue weighted by atomic mass is 10.0. The van der Waals surface area contributed by atoms with Gasteiger partial charge < -0.3 is 9.55 Å². The fourth-order valence-corrected chi connectivity index (χ4v) is 3.69. The fraction of sp³-hybridized carbons (Fsp3) is 0.158. The molecule has 3 aromatic heterocycles. The van der Waals surface area contributed by atoms with Crippen molar-refractivity contribution in [1.82, 2.24) is 14.5 Å². The lowest BCUT2D eigenvalue weighted by Crippen LogP contribution is -2.26. The van der Waals surface area contributed by atoms with Crippen LogP contribution in [0.2, 0.25) is 0 Å².